The van der Waals surface area contributed by atoms with E-state index < -0.39 is 10.0 Å². The van der Waals surface area contributed by atoms with Gasteiger partial charge in [-0.1, -0.05) is 29.8 Å². The number of amides is 1. The molecule has 0 fully saturated rings. The van der Waals surface area contributed by atoms with Crippen molar-refractivity contribution in [1.82, 2.24) is 9.62 Å². The van der Waals surface area contributed by atoms with Crippen molar-refractivity contribution in [3.05, 3.63) is 35.4 Å². The van der Waals surface area contributed by atoms with Crippen LogP contribution in [0, 0.1) is 6.92 Å². The Balaban J connectivity index is 2.36. The second kappa shape index (κ2) is 6.68. The molecule has 19 heavy (non-hydrogen) atoms. The first kappa shape index (κ1) is 15.7. The van der Waals surface area contributed by atoms with Crippen LogP contribution in [-0.4, -0.2) is 45.0 Å². The van der Waals surface area contributed by atoms with E-state index in [0.29, 0.717) is 6.54 Å². The van der Waals surface area contributed by atoms with Crippen molar-refractivity contribution in [2.45, 2.75) is 13.3 Å². The highest BCUT2D eigenvalue weighted by atomic mass is 32.2. The fourth-order valence-electron chi connectivity index (χ4n) is 1.59. The Morgan fingerprint density at radius 3 is 2.63 bits per heavy atom. The summed E-state index contributed by atoms with van der Waals surface area (Å²) in [6, 6.07) is 8.06. The molecule has 1 aromatic carbocycles. The molecule has 0 unspecified atom stereocenters. The molecule has 1 amide bonds. The van der Waals surface area contributed by atoms with Crippen molar-refractivity contribution < 1.29 is 13.2 Å². The Labute approximate surface area is 114 Å². The molecule has 1 rings (SSSR count). The summed E-state index contributed by atoms with van der Waals surface area (Å²) < 4.78 is 23.3. The fraction of sp³-hybridized carbons (Fsp3) is 0.462. The quantitative estimate of drug-likeness (QED) is 0.829. The molecule has 1 aromatic rings. The Morgan fingerprint density at radius 1 is 1.37 bits per heavy atom. The largest absolute Gasteiger partial charge is 0.355 e. The molecule has 5 nitrogen and oxygen atoms in total. The summed E-state index contributed by atoms with van der Waals surface area (Å²) in [5.41, 5.74) is 2.33. The van der Waals surface area contributed by atoms with Crippen LogP contribution in [0.15, 0.2) is 24.3 Å². The Morgan fingerprint density at radius 2 is 2.05 bits per heavy atom. The second-order valence-electron chi connectivity index (χ2n) is 4.61. The van der Waals surface area contributed by atoms with Crippen LogP contribution in [0.25, 0.3) is 0 Å². The first-order chi connectivity index (χ1) is 8.79. The smallest absolute Gasteiger partial charge is 0.235 e. The van der Waals surface area contributed by atoms with Gasteiger partial charge >= 0.3 is 0 Å². The van der Waals surface area contributed by atoms with Crippen LogP contribution in [0.4, 0.5) is 0 Å². The van der Waals surface area contributed by atoms with E-state index in [0.717, 1.165) is 22.5 Å². The second-order valence-corrected chi connectivity index (χ2v) is 6.70. The molecule has 6 heteroatoms. The number of hydrogen-bond donors (Lipinski definition) is 1. The SMILES string of the molecule is Cc1cccc(CCNC(=O)CN(C)S(C)(=O)=O)c1. The molecule has 0 heterocycles. The molecule has 0 saturated carbocycles. The van der Waals surface area contributed by atoms with E-state index in [9.17, 15) is 13.2 Å². The highest BCUT2D eigenvalue weighted by Crippen LogP contribution is 2.03. The van der Waals surface area contributed by atoms with Crippen molar-refractivity contribution >= 4 is 15.9 Å². The van der Waals surface area contributed by atoms with Crippen molar-refractivity contribution in [2.24, 2.45) is 0 Å². The lowest BCUT2D eigenvalue weighted by Gasteiger charge is -2.13. The maximum atomic E-state index is 11.5. The van der Waals surface area contributed by atoms with Gasteiger partial charge in [0.1, 0.15) is 0 Å². The average Bonchev–Trinajstić information content (AvgIpc) is 2.27. The molecule has 0 spiro atoms. The van der Waals surface area contributed by atoms with Gasteiger partial charge in [-0.2, -0.15) is 4.31 Å². The monoisotopic (exact) mass is 284 g/mol. The zero-order valence-corrected chi connectivity index (χ0v) is 12.3. The molecule has 0 saturated heterocycles. The summed E-state index contributed by atoms with van der Waals surface area (Å²) in [5, 5.41) is 2.71. The lowest BCUT2D eigenvalue weighted by atomic mass is 10.1. The molecule has 0 aliphatic heterocycles. The van der Waals surface area contributed by atoms with Crippen LogP contribution in [-0.2, 0) is 21.2 Å². The molecule has 0 atom stereocenters. The molecule has 0 aliphatic rings. The first-order valence-electron chi connectivity index (χ1n) is 6.02. The number of hydrogen-bond acceptors (Lipinski definition) is 3. The number of likely N-dealkylation sites (N-methyl/N-ethyl adjacent to an activating group) is 1. The molecule has 106 valence electrons. The molecular formula is C13H20N2O3S. The fourth-order valence-corrected chi connectivity index (χ4v) is 1.94. The maximum absolute atomic E-state index is 11.5. The van der Waals surface area contributed by atoms with E-state index in [4.69, 9.17) is 0 Å². The van der Waals surface area contributed by atoms with E-state index in [-0.39, 0.29) is 12.5 Å². The van der Waals surface area contributed by atoms with Crippen LogP contribution < -0.4 is 5.32 Å². The highest BCUT2D eigenvalue weighted by Gasteiger charge is 2.14. The summed E-state index contributed by atoms with van der Waals surface area (Å²) >= 11 is 0. The van der Waals surface area contributed by atoms with E-state index in [2.05, 4.69) is 11.4 Å². The van der Waals surface area contributed by atoms with Crippen LogP contribution in [0.2, 0.25) is 0 Å². The standard InChI is InChI=1S/C13H20N2O3S/c1-11-5-4-6-12(9-11)7-8-14-13(16)10-15(2)19(3,17)18/h4-6,9H,7-8,10H2,1-3H3,(H,14,16). The third-order valence-corrected chi connectivity index (χ3v) is 4.01. The first-order valence-corrected chi connectivity index (χ1v) is 7.87. The number of benzene rings is 1. The topological polar surface area (TPSA) is 66.5 Å². The van der Waals surface area contributed by atoms with Gasteiger partial charge in [-0.25, -0.2) is 8.42 Å². The maximum Gasteiger partial charge on any atom is 0.235 e. The number of carbonyl (C=O) groups excluding carboxylic acids is 1. The van der Waals surface area contributed by atoms with Gasteiger partial charge < -0.3 is 5.32 Å². The molecule has 0 aliphatic carbocycles. The van der Waals surface area contributed by atoms with Crippen molar-refractivity contribution in [3.63, 3.8) is 0 Å². The predicted octanol–water partition coefficient (Wildman–Crippen LogP) is 0.545. The third-order valence-electron chi connectivity index (χ3n) is 2.75. The van der Waals surface area contributed by atoms with Gasteiger partial charge in [-0.05, 0) is 18.9 Å². The molecule has 0 aromatic heterocycles. The summed E-state index contributed by atoms with van der Waals surface area (Å²) in [6.07, 6.45) is 1.81. The zero-order valence-electron chi connectivity index (χ0n) is 11.5. The van der Waals surface area contributed by atoms with Crippen molar-refractivity contribution in [2.75, 3.05) is 26.4 Å². The number of nitrogens with zero attached hydrogens (tertiary/aromatic N) is 1. The van der Waals surface area contributed by atoms with Gasteiger partial charge in [0.15, 0.2) is 0 Å². The lowest BCUT2D eigenvalue weighted by molar-refractivity contribution is -0.121. The van der Waals surface area contributed by atoms with E-state index >= 15 is 0 Å². The van der Waals surface area contributed by atoms with Crippen molar-refractivity contribution in [3.8, 4) is 0 Å². The van der Waals surface area contributed by atoms with Gasteiger partial charge in [-0.15, -0.1) is 0 Å². The minimum Gasteiger partial charge on any atom is -0.355 e. The van der Waals surface area contributed by atoms with Crippen LogP contribution in [0.5, 0.6) is 0 Å². The Bertz CT molecular complexity index is 541. The average molecular weight is 284 g/mol. The van der Waals surface area contributed by atoms with Gasteiger partial charge in [-0.3, -0.25) is 4.79 Å². The van der Waals surface area contributed by atoms with Crippen LogP contribution in [0.1, 0.15) is 11.1 Å². The van der Waals surface area contributed by atoms with Crippen LogP contribution in [0.3, 0.4) is 0 Å². The van der Waals surface area contributed by atoms with Gasteiger partial charge in [0.25, 0.3) is 0 Å². The summed E-state index contributed by atoms with van der Waals surface area (Å²) in [5.74, 6) is -0.291. The Hall–Kier alpha value is -1.40. The van der Waals surface area contributed by atoms with Crippen LogP contribution >= 0.6 is 0 Å². The third kappa shape index (κ3) is 5.85. The van der Waals surface area contributed by atoms with E-state index in [1.165, 1.54) is 12.6 Å². The molecule has 0 radical (unpaired) electrons. The van der Waals surface area contributed by atoms with E-state index in [1.807, 2.05) is 25.1 Å². The van der Waals surface area contributed by atoms with Gasteiger partial charge in [0, 0.05) is 13.6 Å². The predicted molar refractivity (Wildman–Crippen MR) is 75.4 cm³/mol. The highest BCUT2D eigenvalue weighted by molar-refractivity contribution is 7.88. The number of aryl methyl sites for hydroxylation is 1. The number of nitrogens with one attached hydrogen (secondary N) is 1. The number of rotatable bonds is 6. The summed E-state index contributed by atoms with van der Waals surface area (Å²) in [4.78, 5) is 11.5. The van der Waals surface area contributed by atoms with Gasteiger partial charge in [0.05, 0.1) is 12.8 Å². The molecule has 0 bridgehead atoms. The van der Waals surface area contributed by atoms with E-state index in [1.54, 1.807) is 0 Å². The minimum atomic E-state index is -3.31. The lowest BCUT2D eigenvalue weighted by Crippen LogP contribution is -2.38. The zero-order chi connectivity index (χ0) is 14.5. The normalized spacial score (nSPS) is 11.6. The summed E-state index contributed by atoms with van der Waals surface area (Å²) in [7, 11) is -1.92. The number of carbonyl (C=O) groups is 1. The summed E-state index contributed by atoms with van der Waals surface area (Å²) in [6.45, 7) is 2.37. The number of sulfonamides is 1. The minimum absolute atomic E-state index is 0.146. The molecule has 1 N–H and O–H groups in total. The Kier molecular flexibility index (Phi) is 5.50. The van der Waals surface area contributed by atoms with Gasteiger partial charge in [0.2, 0.25) is 15.9 Å². The van der Waals surface area contributed by atoms with Crippen molar-refractivity contribution in [1.29, 1.82) is 0 Å². The molecular weight excluding hydrogens is 264 g/mol.